The van der Waals surface area contributed by atoms with Gasteiger partial charge in [-0.1, -0.05) is 6.92 Å². The van der Waals surface area contributed by atoms with Crippen LogP contribution in [0.4, 0.5) is 13.2 Å². The molecule has 0 unspecified atom stereocenters. The Balaban J connectivity index is 2.13. The van der Waals surface area contributed by atoms with Crippen molar-refractivity contribution >= 4 is 5.91 Å². The monoisotopic (exact) mass is 286 g/mol. The first-order valence-corrected chi connectivity index (χ1v) is 6.50. The lowest BCUT2D eigenvalue weighted by atomic mass is 9.80. The summed E-state index contributed by atoms with van der Waals surface area (Å²) in [7, 11) is 0. The molecule has 0 aromatic heterocycles. The van der Waals surface area contributed by atoms with Crippen molar-refractivity contribution in [2.24, 2.45) is 11.1 Å². The van der Waals surface area contributed by atoms with Gasteiger partial charge in [0.15, 0.2) is 17.5 Å². The van der Waals surface area contributed by atoms with E-state index < -0.39 is 23.4 Å². The number of likely N-dealkylation sites (tertiary alicyclic amines) is 1. The highest BCUT2D eigenvalue weighted by atomic mass is 19.2. The molecule has 1 fully saturated rings. The van der Waals surface area contributed by atoms with Gasteiger partial charge in [0.2, 0.25) is 0 Å². The topological polar surface area (TPSA) is 46.3 Å². The molecule has 1 aliphatic rings. The molecule has 2 rings (SSSR count). The van der Waals surface area contributed by atoms with Crippen LogP contribution in [-0.4, -0.2) is 30.4 Å². The Morgan fingerprint density at radius 1 is 1.25 bits per heavy atom. The van der Waals surface area contributed by atoms with Crippen molar-refractivity contribution in [2.75, 3.05) is 19.6 Å². The highest BCUT2D eigenvalue weighted by Crippen LogP contribution is 2.30. The molecule has 3 nitrogen and oxygen atoms in total. The van der Waals surface area contributed by atoms with E-state index in [0.717, 1.165) is 25.0 Å². The van der Waals surface area contributed by atoms with E-state index in [1.54, 1.807) is 0 Å². The highest BCUT2D eigenvalue weighted by Gasteiger charge is 2.31. The van der Waals surface area contributed by atoms with E-state index in [9.17, 15) is 18.0 Å². The maximum atomic E-state index is 13.1. The molecule has 0 aliphatic carbocycles. The third-order valence-corrected chi connectivity index (χ3v) is 3.98. The number of carbonyl (C=O) groups excluding carboxylic acids is 1. The summed E-state index contributed by atoms with van der Waals surface area (Å²) < 4.78 is 39.2. The number of halogens is 3. The van der Waals surface area contributed by atoms with Crippen molar-refractivity contribution in [3.8, 4) is 0 Å². The zero-order valence-electron chi connectivity index (χ0n) is 11.3. The van der Waals surface area contributed by atoms with E-state index in [-0.39, 0.29) is 11.0 Å². The second-order valence-electron chi connectivity index (χ2n) is 5.56. The highest BCUT2D eigenvalue weighted by molar-refractivity contribution is 5.94. The number of carbonyl (C=O) groups is 1. The second kappa shape index (κ2) is 5.44. The van der Waals surface area contributed by atoms with Gasteiger partial charge in [0.1, 0.15) is 0 Å². The Morgan fingerprint density at radius 3 is 2.20 bits per heavy atom. The van der Waals surface area contributed by atoms with Crippen molar-refractivity contribution in [1.29, 1.82) is 0 Å². The summed E-state index contributed by atoms with van der Waals surface area (Å²) in [5.41, 5.74) is 5.51. The SMILES string of the molecule is CC1(CN)CCN(C(=O)c2cc(F)c(F)c(F)c2)CC1. The summed E-state index contributed by atoms with van der Waals surface area (Å²) in [4.78, 5) is 13.7. The summed E-state index contributed by atoms with van der Waals surface area (Å²) in [5.74, 6) is -4.74. The van der Waals surface area contributed by atoms with Gasteiger partial charge >= 0.3 is 0 Å². The number of piperidine rings is 1. The molecule has 1 aliphatic heterocycles. The smallest absolute Gasteiger partial charge is 0.254 e. The van der Waals surface area contributed by atoms with Crippen LogP contribution in [0.15, 0.2) is 12.1 Å². The van der Waals surface area contributed by atoms with Gasteiger partial charge in [-0.25, -0.2) is 13.2 Å². The van der Waals surface area contributed by atoms with Gasteiger partial charge in [-0.05, 0) is 36.9 Å². The van der Waals surface area contributed by atoms with Crippen molar-refractivity contribution in [3.05, 3.63) is 35.1 Å². The van der Waals surface area contributed by atoms with Gasteiger partial charge in [0, 0.05) is 18.7 Å². The molecule has 6 heteroatoms. The van der Waals surface area contributed by atoms with Crippen LogP contribution in [0, 0.1) is 22.9 Å². The minimum Gasteiger partial charge on any atom is -0.339 e. The maximum absolute atomic E-state index is 13.1. The molecule has 0 bridgehead atoms. The first-order chi connectivity index (χ1) is 9.36. The van der Waals surface area contributed by atoms with Crippen molar-refractivity contribution in [1.82, 2.24) is 4.90 Å². The van der Waals surface area contributed by atoms with Crippen LogP contribution in [0.3, 0.4) is 0 Å². The molecule has 2 N–H and O–H groups in total. The van der Waals surface area contributed by atoms with Crippen molar-refractivity contribution in [3.63, 3.8) is 0 Å². The number of benzene rings is 1. The van der Waals surface area contributed by atoms with E-state index in [1.165, 1.54) is 4.90 Å². The lowest BCUT2D eigenvalue weighted by Gasteiger charge is -2.38. The molecule has 20 heavy (non-hydrogen) atoms. The molecule has 1 aromatic carbocycles. The van der Waals surface area contributed by atoms with Crippen molar-refractivity contribution < 1.29 is 18.0 Å². The third-order valence-electron chi connectivity index (χ3n) is 3.98. The molecule has 0 atom stereocenters. The number of nitrogens with zero attached hydrogens (tertiary/aromatic N) is 1. The Kier molecular flexibility index (Phi) is 4.04. The first kappa shape index (κ1) is 14.8. The number of rotatable bonds is 2. The fourth-order valence-electron chi connectivity index (χ4n) is 2.32. The quantitative estimate of drug-likeness (QED) is 0.848. The predicted octanol–water partition coefficient (Wildman–Crippen LogP) is 2.30. The maximum Gasteiger partial charge on any atom is 0.254 e. The zero-order valence-corrected chi connectivity index (χ0v) is 11.3. The largest absolute Gasteiger partial charge is 0.339 e. The number of nitrogens with two attached hydrogens (primary N) is 1. The van der Waals surface area contributed by atoms with E-state index in [4.69, 9.17) is 5.73 Å². The van der Waals surface area contributed by atoms with Crippen LogP contribution >= 0.6 is 0 Å². The summed E-state index contributed by atoms with van der Waals surface area (Å²) in [6.07, 6.45) is 1.47. The number of amides is 1. The third kappa shape index (κ3) is 2.80. The van der Waals surface area contributed by atoms with Crippen LogP contribution in [-0.2, 0) is 0 Å². The van der Waals surface area contributed by atoms with Gasteiger partial charge in [-0.2, -0.15) is 0 Å². The molecule has 0 radical (unpaired) electrons. The standard InChI is InChI=1S/C14H17F3N2O/c1-14(8-18)2-4-19(5-3-14)13(20)9-6-10(15)12(17)11(16)7-9/h6-7H,2-5,8,18H2,1H3. The van der Waals surface area contributed by atoms with E-state index in [1.807, 2.05) is 6.92 Å². The number of hydrogen-bond acceptors (Lipinski definition) is 2. The second-order valence-corrected chi connectivity index (χ2v) is 5.56. The summed E-state index contributed by atoms with van der Waals surface area (Å²) in [6.45, 7) is 3.54. The summed E-state index contributed by atoms with van der Waals surface area (Å²) in [6, 6.07) is 1.47. The zero-order chi connectivity index (χ0) is 14.9. The molecule has 0 spiro atoms. The molecule has 1 saturated heterocycles. The molecule has 1 amide bonds. The Morgan fingerprint density at radius 2 is 1.75 bits per heavy atom. The summed E-state index contributed by atoms with van der Waals surface area (Å²) >= 11 is 0. The van der Waals surface area contributed by atoms with Crippen LogP contribution in [0.2, 0.25) is 0 Å². The minimum absolute atomic E-state index is 0.00389. The van der Waals surface area contributed by atoms with Crippen molar-refractivity contribution in [2.45, 2.75) is 19.8 Å². The van der Waals surface area contributed by atoms with Gasteiger partial charge < -0.3 is 10.6 Å². The van der Waals surface area contributed by atoms with Crippen LogP contribution in [0.5, 0.6) is 0 Å². The Bertz CT molecular complexity index is 502. The molecular weight excluding hydrogens is 269 g/mol. The van der Waals surface area contributed by atoms with E-state index in [0.29, 0.717) is 19.6 Å². The molecule has 0 saturated carbocycles. The Labute approximate surface area is 115 Å². The normalized spacial score (nSPS) is 18.1. The average molecular weight is 286 g/mol. The first-order valence-electron chi connectivity index (χ1n) is 6.50. The fourth-order valence-corrected chi connectivity index (χ4v) is 2.32. The molecule has 110 valence electrons. The van der Waals surface area contributed by atoms with Gasteiger partial charge in [-0.15, -0.1) is 0 Å². The van der Waals surface area contributed by atoms with Crippen LogP contribution < -0.4 is 5.73 Å². The van der Waals surface area contributed by atoms with Crippen LogP contribution in [0.25, 0.3) is 0 Å². The van der Waals surface area contributed by atoms with Gasteiger partial charge in [0.25, 0.3) is 5.91 Å². The average Bonchev–Trinajstić information content (AvgIpc) is 2.44. The molecular formula is C14H17F3N2O. The lowest BCUT2D eigenvalue weighted by Crippen LogP contribution is -2.44. The number of hydrogen-bond donors (Lipinski definition) is 1. The van der Waals surface area contributed by atoms with Crippen LogP contribution in [0.1, 0.15) is 30.1 Å². The molecule has 1 aromatic rings. The minimum atomic E-state index is -1.56. The summed E-state index contributed by atoms with van der Waals surface area (Å²) in [5, 5.41) is 0. The fraction of sp³-hybridized carbons (Fsp3) is 0.500. The van der Waals surface area contributed by atoms with E-state index in [2.05, 4.69) is 0 Å². The Hall–Kier alpha value is -1.56. The predicted molar refractivity (Wildman–Crippen MR) is 68.6 cm³/mol. The lowest BCUT2D eigenvalue weighted by molar-refractivity contribution is 0.0616. The van der Waals surface area contributed by atoms with Gasteiger partial charge in [-0.3, -0.25) is 4.79 Å². The van der Waals surface area contributed by atoms with E-state index >= 15 is 0 Å². The van der Waals surface area contributed by atoms with Gasteiger partial charge in [0.05, 0.1) is 0 Å². The molecule has 1 heterocycles.